The van der Waals surface area contributed by atoms with Gasteiger partial charge in [0.05, 0.1) is 0 Å². The quantitative estimate of drug-likeness (QED) is 0.683. The first-order valence-corrected chi connectivity index (χ1v) is 8.63. The van der Waals surface area contributed by atoms with Gasteiger partial charge in [-0.3, -0.25) is 4.90 Å². The molecule has 0 unspecified atom stereocenters. The van der Waals surface area contributed by atoms with Crippen LogP contribution in [0.25, 0.3) is 0 Å². The Labute approximate surface area is 131 Å². The Hall–Kier alpha value is -0.780. The minimum absolute atomic E-state index is 0.497. The minimum Gasteiger partial charge on any atom is -0.389 e. The van der Waals surface area contributed by atoms with Crippen molar-refractivity contribution in [3.63, 3.8) is 0 Å². The average Bonchev–Trinajstić information content (AvgIpc) is 2.46. The molecule has 1 aliphatic heterocycles. The Balaban J connectivity index is 2.24. The highest BCUT2D eigenvalue weighted by Crippen LogP contribution is 2.30. The highest BCUT2D eigenvalue weighted by atomic mass is 32.2. The molecule has 0 aromatic heterocycles. The van der Waals surface area contributed by atoms with Crippen molar-refractivity contribution < 1.29 is 0 Å². The minimum atomic E-state index is 0.497. The Morgan fingerprint density at radius 1 is 1.25 bits per heavy atom. The van der Waals surface area contributed by atoms with E-state index in [4.69, 9.17) is 18.0 Å². The predicted octanol–water partition coefficient (Wildman–Crippen LogP) is 2.57. The molecule has 110 valence electrons. The Morgan fingerprint density at radius 2 is 1.90 bits per heavy atom. The van der Waals surface area contributed by atoms with Crippen LogP contribution in [0.2, 0.25) is 0 Å². The second-order valence-electron chi connectivity index (χ2n) is 5.34. The van der Waals surface area contributed by atoms with Gasteiger partial charge in [0, 0.05) is 48.4 Å². The number of nitrogens with zero attached hydrogens (tertiary/aromatic N) is 2. The Kier molecular flexibility index (Phi) is 5.29. The SMILES string of the molecule is CSc1cccc(N2CCN(C(C)C)CC2)c1C(N)=S. The molecule has 0 saturated carbocycles. The molecular formula is C15H23N3S2. The maximum absolute atomic E-state index is 5.95. The topological polar surface area (TPSA) is 32.5 Å². The molecule has 2 N–H and O–H groups in total. The van der Waals surface area contributed by atoms with E-state index in [-0.39, 0.29) is 0 Å². The first-order valence-electron chi connectivity index (χ1n) is 7.00. The largest absolute Gasteiger partial charge is 0.389 e. The molecule has 0 spiro atoms. The van der Waals surface area contributed by atoms with Crippen LogP contribution in [0.15, 0.2) is 23.1 Å². The van der Waals surface area contributed by atoms with Gasteiger partial charge in [0.15, 0.2) is 0 Å². The second kappa shape index (κ2) is 6.78. The summed E-state index contributed by atoms with van der Waals surface area (Å²) in [6, 6.07) is 6.94. The molecule has 1 aromatic rings. The molecule has 20 heavy (non-hydrogen) atoms. The average molecular weight is 310 g/mol. The number of thiocarbonyl (C=S) groups is 1. The summed E-state index contributed by atoms with van der Waals surface area (Å²) < 4.78 is 0. The fourth-order valence-electron chi connectivity index (χ4n) is 2.68. The molecule has 0 radical (unpaired) electrons. The molecule has 5 heteroatoms. The molecule has 2 rings (SSSR count). The number of rotatable bonds is 4. The van der Waals surface area contributed by atoms with Crippen molar-refractivity contribution in [3.05, 3.63) is 23.8 Å². The smallest absolute Gasteiger partial charge is 0.107 e. The molecule has 1 heterocycles. The van der Waals surface area contributed by atoms with Crippen LogP contribution in [0, 0.1) is 0 Å². The van der Waals surface area contributed by atoms with E-state index >= 15 is 0 Å². The molecule has 1 saturated heterocycles. The van der Waals surface area contributed by atoms with Crippen LogP contribution in [-0.2, 0) is 0 Å². The summed E-state index contributed by atoms with van der Waals surface area (Å²) in [7, 11) is 0. The zero-order valence-corrected chi connectivity index (χ0v) is 14.1. The summed E-state index contributed by atoms with van der Waals surface area (Å²) in [6.45, 7) is 8.77. The van der Waals surface area contributed by atoms with Crippen molar-refractivity contribution in [1.82, 2.24) is 4.90 Å². The van der Waals surface area contributed by atoms with Crippen LogP contribution in [0.3, 0.4) is 0 Å². The van der Waals surface area contributed by atoms with Crippen molar-refractivity contribution in [2.45, 2.75) is 24.8 Å². The Bertz CT molecular complexity index is 480. The van der Waals surface area contributed by atoms with Gasteiger partial charge in [0.1, 0.15) is 4.99 Å². The van der Waals surface area contributed by atoms with Crippen molar-refractivity contribution in [2.24, 2.45) is 5.73 Å². The molecule has 1 fully saturated rings. The van der Waals surface area contributed by atoms with E-state index in [1.54, 1.807) is 11.8 Å². The molecular weight excluding hydrogens is 286 g/mol. The maximum atomic E-state index is 5.95. The predicted molar refractivity (Wildman–Crippen MR) is 93.0 cm³/mol. The number of hydrogen-bond acceptors (Lipinski definition) is 4. The molecule has 1 aromatic carbocycles. The fraction of sp³-hybridized carbons (Fsp3) is 0.533. The maximum Gasteiger partial charge on any atom is 0.107 e. The molecule has 3 nitrogen and oxygen atoms in total. The lowest BCUT2D eigenvalue weighted by atomic mass is 10.1. The third kappa shape index (κ3) is 3.27. The molecule has 0 atom stereocenters. The number of thioether (sulfide) groups is 1. The molecule has 1 aliphatic rings. The first-order chi connectivity index (χ1) is 9.54. The lowest BCUT2D eigenvalue weighted by Gasteiger charge is -2.39. The van der Waals surface area contributed by atoms with Crippen LogP contribution in [-0.4, -0.2) is 48.4 Å². The number of anilines is 1. The third-order valence-corrected chi connectivity index (χ3v) is 4.84. The standard InChI is InChI=1S/C15H23N3S2/c1-11(2)17-7-9-18(10-8-17)12-5-4-6-13(20-3)14(12)15(16)19/h4-6,11H,7-10H2,1-3H3,(H2,16,19). The van der Waals surface area contributed by atoms with Crippen molar-refractivity contribution >= 4 is 34.7 Å². The zero-order valence-electron chi connectivity index (χ0n) is 12.4. The van der Waals surface area contributed by atoms with E-state index in [0.717, 1.165) is 31.7 Å². The number of nitrogens with two attached hydrogens (primary N) is 1. The zero-order chi connectivity index (χ0) is 14.7. The van der Waals surface area contributed by atoms with Crippen LogP contribution >= 0.6 is 24.0 Å². The van der Waals surface area contributed by atoms with E-state index in [9.17, 15) is 0 Å². The fourth-order valence-corrected chi connectivity index (χ4v) is 3.59. The summed E-state index contributed by atoms with van der Waals surface area (Å²) in [5.74, 6) is 0. The van der Waals surface area contributed by atoms with Crippen LogP contribution in [0.5, 0.6) is 0 Å². The van der Waals surface area contributed by atoms with E-state index in [1.165, 1.54) is 10.6 Å². The number of hydrogen-bond donors (Lipinski definition) is 1. The van der Waals surface area contributed by atoms with Crippen LogP contribution in [0.4, 0.5) is 5.69 Å². The van der Waals surface area contributed by atoms with Gasteiger partial charge in [-0.15, -0.1) is 11.8 Å². The van der Waals surface area contributed by atoms with Crippen molar-refractivity contribution in [2.75, 3.05) is 37.3 Å². The summed E-state index contributed by atoms with van der Waals surface area (Å²) >= 11 is 6.97. The summed E-state index contributed by atoms with van der Waals surface area (Å²) in [4.78, 5) is 6.58. The van der Waals surface area contributed by atoms with Gasteiger partial charge in [-0.2, -0.15) is 0 Å². The summed E-state index contributed by atoms with van der Waals surface area (Å²) in [5.41, 5.74) is 8.18. The van der Waals surface area contributed by atoms with E-state index in [0.29, 0.717) is 11.0 Å². The van der Waals surface area contributed by atoms with Gasteiger partial charge < -0.3 is 10.6 Å². The van der Waals surface area contributed by atoms with Crippen LogP contribution in [0.1, 0.15) is 19.4 Å². The van der Waals surface area contributed by atoms with Gasteiger partial charge in [-0.1, -0.05) is 18.3 Å². The van der Waals surface area contributed by atoms with Crippen molar-refractivity contribution in [3.8, 4) is 0 Å². The second-order valence-corrected chi connectivity index (χ2v) is 6.62. The lowest BCUT2D eigenvalue weighted by molar-refractivity contribution is 0.209. The normalized spacial score (nSPS) is 16.7. The third-order valence-electron chi connectivity index (χ3n) is 3.86. The molecule has 0 amide bonds. The highest BCUT2D eigenvalue weighted by Gasteiger charge is 2.22. The lowest BCUT2D eigenvalue weighted by Crippen LogP contribution is -2.49. The van der Waals surface area contributed by atoms with Gasteiger partial charge in [-0.25, -0.2) is 0 Å². The van der Waals surface area contributed by atoms with Gasteiger partial charge in [0.2, 0.25) is 0 Å². The van der Waals surface area contributed by atoms with Crippen LogP contribution < -0.4 is 10.6 Å². The number of piperazine rings is 1. The van der Waals surface area contributed by atoms with Gasteiger partial charge >= 0.3 is 0 Å². The van der Waals surface area contributed by atoms with Gasteiger partial charge in [0.25, 0.3) is 0 Å². The monoisotopic (exact) mass is 309 g/mol. The summed E-state index contributed by atoms with van der Waals surface area (Å²) in [5, 5.41) is 0. The van der Waals surface area contributed by atoms with E-state index in [2.05, 4.69) is 48.1 Å². The molecule has 0 aliphatic carbocycles. The van der Waals surface area contributed by atoms with E-state index < -0.39 is 0 Å². The van der Waals surface area contributed by atoms with Gasteiger partial charge in [-0.05, 0) is 32.2 Å². The summed E-state index contributed by atoms with van der Waals surface area (Å²) in [6.07, 6.45) is 2.07. The highest BCUT2D eigenvalue weighted by molar-refractivity contribution is 7.98. The first kappa shape index (κ1) is 15.6. The number of benzene rings is 1. The molecule has 0 bridgehead atoms. The van der Waals surface area contributed by atoms with Crippen molar-refractivity contribution in [1.29, 1.82) is 0 Å². The van der Waals surface area contributed by atoms with E-state index in [1.807, 2.05) is 0 Å². The Morgan fingerprint density at radius 3 is 2.40 bits per heavy atom.